The smallest absolute Gasteiger partial charge is 0.331 e. The highest BCUT2D eigenvalue weighted by Gasteiger charge is 2.34. The Morgan fingerprint density at radius 2 is 2.09 bits per heavy atom. The number of amides is 1. The number of carbonyl (C=O) groups excluding carboxylic acids is 2. The molecule has 1 aromatic carbocycles. The van der Waals surface area contributed by atoms with Crippen molar-refractivity contribution in [3.05, 3.63) is 29.6 Å². The molecule has 0 aliphatic heterocycles. The van der Waals surface area contributed by atoms with Gasteiger partial charge in [-0.2, -0.15) is 0 Å². The van der Waals surface area contributed by atoms with Gasteiger partial charge in [0.2, 0.25) is 0 Å². The van der Waals surface area contributed by atoms with Crippen LogP contribution in [0.4, 0.5) is 0 Å². The van der Waals surface area contributed by atoms with Gasteiger partial charge in [-0.1, -0.05) is 6.92 Å². The molecule has 1 atom stereocenters. The first-order valence-corrected chi connectivity index (χ1v) is 7.16. The van der Waals surface area contributed by atoms with Gasteiger partial charge < -0.3 is 14.6 Å². The number of imidazole rings is 1. The molecule has 6 heteroatoms. The van der Waals surface area contributed by atoms with Crippen molar-refractivity contribution in [1.82, 2.24) is 14.9 Å². The summed E-state index contributed by atoms with van der Waals surface area (Å²) in [5, 5.41) is 2.75. The fourth-order valence-corrected chi connectivity index (χ4v) is 2.29. The van der Waals surface area contributed by atoms with E-state index in [2.05, 4.69) is 10.3 Å². The van der Waals surface area contributed by atoms with Crippen molar-refractivity contribution >= 4 is 22.9 Å². The van der Waals surface area contributed by atoms with Gasteiger partial charge in [-0.15, -0.1) is 0 Å². The molecule has 0 spiro atoms. The number of carbonyl (C=O) groups is 2. The number of benzene rings is 1. The van der Waals surface area contributed by atoms with E-state index in [4.69, 9.17) is 4.74 Å². The van der Waals surface area contributed by atoms with E-state index in [0.717, 1.165) is 16.9 Å². The van der Waals surface area contributed by atoms with Crippen LogP contribution in [0.25, 0.3) is 11.0 Å². The van der Waals surface area contributed by atoms with Crippen LogP contribution in [0.3, 0.4) is 0 Å². The first kappa shape index (κ1) is 16.0. The van der Waals surface area contributed by atoms with Crippen molar-refractivity contribution in [1.29, 1.82) is 0 Å². The van der Waals surface area contributed by atoms with Gasteiger partial charge in [-0.05, 0) is 38.5 Å². The fraction of sp³-hybridized carbons (Fsp3) is 0.438. The van der Waals surface area contributed by atoms with Gasteiger partial charge in [0.15, 0.2) is 0 Å². The van der Waals surface area contributed by atoms with E-state index in [1.165, 1.54) is 7.11 Å². The van der Waals surface area contributed by atoms with Gasteiger partial charge in [0.05, 0.1) is 18.1 Å². The Morgan fingerprint density at radius 1 is 1.41 bits per heavy atom. The molecule has 1 heterocycles. The van der Waals surface area contributed by atoms with Crippen molar-refractivity contribution in [2.75, 3.05) is 7.11 Å². The number of nitrogens with one attached hydrogen (secondary N) is 1. The van der Waals surface area contributed by atoms with Crippen molar-refractivity contribution in [3.63, 3.8) is 0 Å². The molecule has 6 nitrogen and oxygen atoms in total. The van der Waals surface area contributed by atoms with E-state index in [0.29, 0.717) is 12.0 Å². The third-order valence-electron chi connectivity index (χ3n) is 4.10. The zero-order valence-electron chi connectivity index (χ0n) is 13.6. The molecule has 1 amide bonds. The Labute approximate surface area is 129 Å². The highest BCUT2D eigenvalue weighted by molar-refractivity contribution is 6.00. The molecule has 1 N–H and O–H groups in total. The van der Waals surface area contributed by atoms with Crippen LogP contribution in [-0.4, -0.2) is 34.1 Å². The number of aromatic nitrogens is 2. The molecule has 0 saturated carbocycles. The normalized spacial score (nSPS) is 13.7. The molecule has 0 fully saturated rings. The second-order valence-corrected chi connectivity index (χ2v) is 5.55. The van der Waals surface area contributed by atoms with E-state index in [1.54, 1.807) is 19.1 Å². The van der Waals surface area contributed by atoms with Crippen LogP contribution in [0.5, 0.6) is 0 Å². The summed E-state index contributed by atoms with van der Waals surface area (Å²) in [5.74, 6) is 0.0959. The van der Waals surface area contributed by atoms with Crippen LogP contribution in [-0.2, 0) is 16.6 Å². The monoisotopic (exact) mass is 303 g/mol. The second-order valence-electron chi connectivity index (χ2n) is 5.55. The van der Waals surface area contributed by atoms with Crippen LogP contribution in [0.2, 0.25) is 0 Å². The fourth-order valence-electron chi connectivity index (χ4n) is 2.29. The minimum absolute atomic E-state index is 0.319. The molecular formula is C16H21N3O3. The van der Waals surface area contributed by atoms with Crippen molar-refractivity contribution in [2.24, 2.45) is 7.05 Å². The lowest BCUT2D eigenvalue weighted by atomic mass is 9.98. The quantitative estimate of drug-likeness (QED) is 0.876. The minimum Gasteiger partial charge on any atom is -0.467 e. The molecule has 0 aliphatic rings. The van der Waals surface area contributed by atoms with E-state index < -0.39 is 11.5 Å². The largest absolute Gasteiger partial charge is 0.467 e. The molecule has 1 unspecified atom stereocenters. The van der Waals surface area contributed by atoms with Crippen LogP contribution < -0.4 is 5.32 Å². The van der Waals surface area contributed by atoms with Crippen LogP contribution >= 0.6 is 0 Å². The van der Waals surface area contributed by atoms with Gasteiger partial charge >= 0.3 is 5.97 Å². The van der Waals surface area contributed by atoms with Gasteiger partial charge in [0.1, 0.15) is 11.4 Å². The average molecular weight is 303 g/mol. The maximum absolute atomic E-state index is 12.4. The summed E-state index contributed by atoms with van der Waals surface area (Å²) < 4.78 is 6.72. The van der Waals surface area contributed by atoms with Gasteiger partial charge in [-0.25, -0.2) is 9.78 Å². The SMILES string of the molecule is CCC(C)(NC(=O)c1ccc2c(c1)nc(C)n2C)C(=O)OC. The van der Waals surface area contributed by atoms with Crippen LogP contribution in [0.1, 0.15) is 36.5 Å². The molecule has 118 valence electrons. The molecular weight excluding hydrogens is 282 g/mol. The van der Waals surface area contributed by atoms with Crippen LogP contribution in [0, 0.1) is 6.92 Å². The summed E-state index contributed by atoms with van der Waals surface area (Å²) in [6.45, 7) is 5.38. The molecule has 0 aliphatic carbocycles. The molecule has 2 aromatic rings. The molecule has 2 rings (SSSR count). The number of hydrogen-bond acceptors (Lipinski definition) is 4. The number of aryl methyl sites for hydroxylation is 2. The first-order chi connectivity index (χ1) is 10.3. The van der Waals surface area contributed by atoms with Crippen molar-refractivity contribution in [2.45, 2.75) is 32.7 Å². The Balaban J connectivity index is 2.31. The van der Waals surface area contributed by atoms with Crippen molar-refractivity contribution < 1.29 is 14.3 Å². The van der Waals surface area contributed by atoms with Gasteiger partial charge in [0.25, 0.3) is 5.91 Å². The summed E-state index contributed by atoms with van der Waals surface area (Å²) in [7, 11) is 3.24. The molecule has 0 bridgehead atoms. The summed E-state index contributed by atoms with van der Waals surface area (Å²) in [5.41, 5.74) is 1.14. The van der Waals surface area contributed by atoms with E-state index in [1.807, 2.05) is 31.5 Å². The standard InChI is InChI=1S/C16H21N3O3/c1-6-16(3,15(21)22-5)18-14(20)11-7-8-13-12(9-11)17-10(2)19(13)4/h7-9H,6H2,1-5H3,(H,18,20). The maximum Gasteiger partial charge on any atom is 0.331 e. The maximum atomic E-state index is 12.4. The Hall–Kier alpha value is -2.37. The number of fused-ring (bicyclic) bond motifs is 1. The van der Waals surface area contributed by atoms with Gasteiger partial charge in [-0.3, -0.25) is 4.79 Å². The summed E-state index contributed by atoms with van der Waals surface area (Å²) >= 11 is 0. The Morgan fingerprint density at radius 3 is 2.68 bits per heavy atom. The zero-order chi connectivity index (χ0) is 16.5. The molecule has 22 heavy (non-hydrogen) atoms. The number of nitrogens with zero attached hydrogens (tertiary/aromatic N) is 2. The summed E-state index contributed by atoms with van der Waals surface area (Å²) in [6, 6.07) is 5.31. The lowest BCUT2D eigenvalue weighted by Gasteiger charge is -2.26. The topological polar surface area (TPSA) is 73.2 Å². The Kier molecular flexibility index (Phi) is 4.21. The lowest BCUT2D eigenvalue weighted by molar-refractivity contribution is -0.147. The molecule has 0 saturated heterocycles. The predicted octanol–water partition coefficient (Wildman–Crippen LogP) is 1.95. The van der Waals surface area contributed by atoms with Crippen molar-refractivity contribution in [3.8, 4) is 0 Å². The number of ether oxygens (including phenoxy) is 1. The number of esters is 1. The third-order valence-corrected chi connectivity index (χ3v) is 4.10. The highest BCUT2D eigenvalue weighted by atomic mass is 16.5. The number of methoxy groups -OCH3 is 1. The molecule has 0 radical (unpaired) electrons. The summed E-state index contributed by atoms with van der Waals surface area (Å²) in [6.07, 6.45) is 0.441. The second kappa shape index (κ2) is 5.79. The lowest BCUT2D eigenvalue weighted by Crippen LogP contribution is -2.52. The minimum atomic E-state index is -1.04. The predicted molar refractivity (Wildman–Crippen MR) is 83.6 cm³/mol. The summed E-state index contributed by atoms with van der Waals surface area (Å²) in [4.78, 5) is 28.7. The third kappa shape index (κ3) is 2.68. The van der Waals surface area contributed by atoms with Gasteiger partial charge in [0, 0.05) is 12.6 Å². The number of hydrogen-bond donors (Lipinski definition) is 1. The highest BCUT2D eigenvalue weighted by Crippen LogP contribution is 2.18. The van der Waals surface area contributed by atoms with E-state index in [9.17, 15) is 9.59 Å². The average Bonchev–Trinajstić information content (AvgIpc) is 2.80. The number of rotatable bonds is 4. The van der Waals surface area contributed by atoms with E-state index in [-0.39, 0.29) is 5.91 Å². The van der Waals surface area contributed by atoms with E-state index >= 15 is 0 Å². The first-order valence-electron chi connectivity index (χ1n) is 7.16. The Bertz CT molecular complexity index is 736. The zero-order valence-corrected chi connectivity index (χ0v) is 13.6. The van der Waals surface area contributed by atoms with Crippen LogP contribution in [0.15, 0.2) is 18.2 Å². The molecule has 1 aromatic heterocycles.